The van der Waals surface area contributed by atoms with Crippen LogP contribution in [-0.2, 0) is 4.79 Å². The second kappa shape index (κ2) is 7.40. The van der Waals surface area contributed by atoms with Crippen LogP contribution in [0.15, 0.2) is 65.8 Å². The Labute approximate surface area is 160 Å². The fourth-order valence-corrected chi connectivity index (χ4v) is 2.83. The smallest absolute Gasteiger partial charge is 0.284 e. The molecule has 1 aliphatic heterocycles. The summed E-state index contributed by atoms with van der Waals surface area (Å²) in [5.74, 6) is -0.591. The van der Waals surface area contributed by atoms with E-state index < -0.39 is 18.0 Å². The van der Waals surface area contributed by atoms with Crippen LogP contribution >= 0.6 is 0 Å². The van der Waals surface area contributed by atoms with Gasteiger partial charge >= 0.3 is 0 Å². The molecule has 3 aromatic rings. The maximum absolute atomic E-state index is 12.3. The highest BCUT2D eigenvalue weighted by Crippen LogP contribution is 2.35. The van der Waals surface area contributed by atoms with Crippen molar-refractivity contribution >= 4 is 28.9 Å². The number of benzene rings is 3. The van der Waals surface area contributed by atoms with Crippen molar-refractivity contribution in [3.05, 3.63) is 71.8 Å². The number of nitrogens with one attached hydrogen (secondary N) is 1. The molecule has 4 rings (SSSR count). The molecule has 0 saturated heterocycles. The first-order valence-corrected chi connectivity index (χ1v) is 8.57. The topological polar surface area (TPSA) is 100 Å². The van der Waals surface area contributed by atoms with Crippen LogP contribution in [-0.4, -0.2) is 30.8 Å². The molecule has 0 bridgehead atoms. The Morgan fingerprint density at radius 3 is 2.39 bits per heavy atom. The number of fused-ring (bicyclic) bond motifs is 2. The van der Waals surface area contributed by atoms with Gasteiger partial charge in [-0.25, -0.2) is 5.43 Å². The van der Waals surface area contributed by atoms with E-state index in [9.17, 15) is 14.7 Å². The summed E-state index contributed by atoms with van der Waals surface area (Å²) in [6.07, 6.45) is 0.577. The molecule has 0 aliphatic carbocycles. The van der Waals surface area contributed by atoms with E-state index in [-0.39, 0.29) is 12.2 Å². The number of ether oxygens (including phenoxy) is 2. The van der Waals surface area contributed by atoms with E-state index in [0.717, 1.165) is 10.8 Å². The van der Waals surface area contributed by atoms with Gasteiger partial charge in [0.15, 0.2) is 11.5 Å². The summed E-state index contributed by atoms with van der Waals surface area (Å²) >= 11 is 0. The molecule has 0 unspecified atom stereocenters. The van der Waals surface area contributed by atoms with Gasteiger partial charge in [-0.3, -0.25) is 4.79 Å². The third kappa shape index (κ3) is 3.64. The van der Waals surface area contributed by atoms with Crippen LogP contribution in [0.4, 0.5) is 0 Å². The highest BCUT2D eigenvalue weighted by Gasteiger charge is 2.27. The van der Waals surface area contributed by atoms with Crippen molar-refractivity contribution in [1.29, 1.82) is 0 Å². The lowest BCUT2D eigenvalue weighted by molar-refractivity contribution is -0.255. The number of carbonyl (C=O) groups excluding carboxylic acids is 2. The Morgan fingerprint density at radius 2 is 1.71 bits per heavy atom. The summed E-state index contributed by atoms with van der Waals surface area (Å²) in [7, 11) is 0. The van der Waals surface area contributed by atoms with Crippen molar-refractivity contribution in [2.75, 3.05) is 6.61 Å². The highest BCUT2D eigenvalue weighted by molar-refractivity contribution is 5.89. The van der Waals surface area contributed by atoms with Gasteiger partial charge in [-0.2, -0.15) is 5.10 Å². The number of aromatic carboxylic acids is 1. The largest absolute Gasteiger partial charge is 0.545 e. The third-order valence-electron chi connectivity index (χ3n) is 4.30. The zero-order valence-electron chi connectivity index (χ0n) is 14.6. The molecule has 7 nitrogen and oxygen atoms in total. The number of carboxylic acid groups (broad SMARTS) is 1. The molecule has 1 heterocycles. The van der Waals surface area contributed by atoms with Crippen molar-refractivity contribution in [2.24, 2.45) is 5.10 Å². The second-order valence-electron chi connectivity index (χ2n) is 6.21. The number of hydrogen-bond acceptors (Lipinski definition) is 6. The van der Waals surface area contributed by atoms with Crippen LogP contribution in [0.5, 0.6) is 11.5 Å². The zero-order chi connectivity index (χ0) is 19.5. The quantitative estimate of drug-likeness (QED) is 0.550. The summed E-state index contributed by atoms with van der Waals surface area (Å²) in [5.41, 5.74) is 3.10. The van der Waals surface area contributed by atoms with Gasteiger partial charge < -0.3 is 19.4 Å². The van der Waals surface area contributed by atoms with Gasteiger partial charge in [-0.15, -0.1) is 0 Å². The summed E-state index contributed by atoms with van der Waals surface area (Å²) in [6.45, 7) is 0.0764. The molecule has 140 valence electrons. The number of hydrogen-bond donors (Lipinski definition) is 1. The molecule has 1 aliphatic rings. The van der Waals surface area contributed by atoms with Gasteiger partial charge in [0.25, 0.3) is 5.91 Å². The third-order valence-corrected chi connectivity index (χ3v) is 4.30. The maximum Gasteiger partial charge on any atom is 0.284 e. The molecule has 0 spiro atoms. The minimum absolute atomic E-state index is 0.0696. The van der Waals surface area contributed by atoms with Crippen molar-refractivity contribution < 1.29 is 24.2 Å². The predicted octanol–water partition coefficient (Wildman–Crippen LogP) is 1.49. The fraction of sp³-hybridized carbons (Fsp3) is 0.0952. The average molecular weight is 375 g/mol. The minimum atomic E-state index is -1.25. The SMILES string of the molecule is O=C([O-])c1ccc(C=NNC(=O)[C@@H]2COc3cc4ccccc4cc3O2)cc1. The molecule has 3 aromatic carbocycles. The van der Waals surface area contributed by atoms with Crippen molar-refractivity contribution in [1.82, 2.24) is 5.43 Å². The maximum atomic E-state index is 12.3. The van der Waals surface area contributed by atoms with E-state index in [2.05, 4.69) is 10.5 Å². The standard InChI is InChI=1S/C21H16N2O5/c24-20(23-22-11-13-5-7-14(8-6-13)21(25)26)19-12-27-17-9-15-3-1-2-4-16(15)10-18(17)28-19/h1-11,19H,12H2,(H,23,24)(H,25,26)/p-1/t19-/m0/s1. The molecular formula is C21H15N2O5-. The second-order valence-corrected chi connectivity index (χ2v) is 6.21. The normalized spacial score (nSPS) is 15.5. The first-order valence-electron chi connectivity index (χ1n) is 8.57. The van der Waals surface area contributed by atoms with Crippen LogP contribution in [0.1, 0.15) is 15.9 Å². The Bertz CT molecular complexity index is 1080. The van der Waals surface area contributed by atoms with E-state index in [1.807, 2.05) is 36.4 Å². The Hall–Kier alpha value is -3.87. The average Bonchev–Trinajstić information content (AvgIpc) is 2.72. The number of carboxylic acids is 1. The van der Waals surface area contributed by atoms with E-state index >= 15 is 0 Å². The number of amides is 1. The minimum Gasteiger partial charge on any atom is -0.545 e. The summed E-state index contributed by atoms with van der Waals surface area (Å²) in [4.78, 5) is 23.0. The van der Waals surface area contributed by atoms with Crippen LogP contribution in [0.3, 0.4) is 0 Å². The van der Waals surface area contributed by atoms with Gasteiger partial charge in [-0.1, -0.05) is 48.5 Å². The van der Waals surface area contributed by atoms with Crippen LogP contribution in [0.2, 0.25) is 0 Å². The molecule has 0 radical (unpaired) electrons. The van der Waals surface area contributed by atoms with Gasteiger partial charge in [-0.05, 0) is 34.0 Å². The van der Waals surface area contributed by atoms with Crippen molar-refractivity contribution in [2.45, 2.75) is 6.10 Å². The number of rotatable bonds is 4. The van der Waals surface area contributed by atoms with Crippen LogP contribution in [0, 0.1) is 0 Å². The lowest BCUT2D eigenvalue weighted by Gasteiger charge is -2.25. The number of hydrazone groups is 1. The summed E-state index contributed by atoms with van der Waals surface area (Å²) < 4.78 is 11.4. The van der Waals surface area contributed by atoms with E-state index in [1.54, 1.807) is 12.1 Å². The van der Waals surface area contributed by atoms with Gasteiger partial charge in [0, 0.05) is 0 Å². The molecular weight excluding hydrogens is 360 g/mol. The van der Waals surface area contributed by atoms with Gasteiger partial charge in [0.05, 0.1) is 12.2 Å². The van der Waals surface area contributed by atoms with Crippen LogP contribution < -0.4 is 20.0 Å². The Morgan fingerprint density at radius 1 is 1.04 bits per heavy atom. The van der Waals surface area contributed by atoms with Crippen LogP contribution in [0.25, 0.3) is 10.8 Å². The molecule has 0 saturated carbocycles. The van der Waals surface area contributed by atoms with E-state index in [4.69, 9.17) is 9.47 Å². The lowest BCUT2D eigenvalue weighted by atomic mass is 10.1. The van der Waals surface area contributed by atoms with Crippen molar-refractivity contribution in [3.63, 3.8) is 0 Å². The van der Waals surface area contributed by atoms with Gasteiger partial charge in [0.2, 0.25) is 6.10 Å². The molecule has 7 heteroatoms. The lowest BCUT2D eigenvalue weighted by Crippen LogP contribution is -2.42. The van der Waals surface area contributed by atoms with Gasteiger partial charge in [0.1, 0.15) is 6.61 Å². The number of nitrogens with zero attached hydrogens (tertiary/aromatic N) is 1. The molecule has 1 N–H and O–H groups in total. The van der Waals surface area contributed by atoms with E-state index in [1.165, 1.54) is 18.3 Å². The molecule has 1 amide bonds. The molecule has 0 fully saturated rings. The predicted molar refractivity (Wildman–Crippen MR) is 100 cm³/mol. The van der Waals surface area contributed by atoms with E-state index in [0.29, 0.717) is 17.1 Å². The summed E-state index contributed by atoms with van der Waals surface area (Å²) in [5, 5.41) is 16.6. The monoisotopic (exact) mass is 375 g/mol. The number of carbonyl (C=O) groups is 2. The molecule has 0 aromatic heterocycles. The zero-order valence-corrected chi connectivity index (χ0v) is 14.6. The molecule has 28 heavy (non-hydrogen) atoms. The summed E-state index contributed by atoms with van der Waals surface area (Å²) in [6, 6.07) is 17.4. The fourth-order valence-electron chi connectivity index (χ4n) is 2.83. The Balaban J connectivity index is 1.40. The Kier molecular flexibility index (Phi) is 4.63. The molecule has 1 atom stereocenters. The highest BCUT2D eigenvalue weighted by atomic mass is 16.6. The van der Waals surface area contributed by atoms with Crippen molar-refractivity contribution in [3.8, 4) is 11.5 Å². The first kappa shape index (κ1) is 17.5. The first-order chi connectivity index (χ1) is 13.6.